The summed E-state index contributed by atoms with van der Waals surface area (Å²) in [5.41, 5.74) is 3.68. The summed E-state index contributed by atoms with van der Waals surface area (Å²) < 4.78 is 2.28. The van der Waals surface area contributed by atoms with Crippen molar-refractivity contribution in [3.8, 4) is 5.69 Å². The summed E-state index contributed by atoms with van der Waals surface area (Å²) in [6.45, 7) is 3.78. The lowest BCUT2D eigenvalue weighted by Gasteiger charge is -2.11. The normalized spacial score (nSPS) is 10.2. The third kappa shape index (κ3) is 2.50. The van der Waals surface area contributed by atoms with Gasteiger partial charge in [0.2, 0.25) is 6.41 Å². The Morgan fingerprint density at radius 3 is 2.85 bits per heavy atom. The van der Waals surface area contributed by atoms with E-state index >= 15 is 0 Å². The van der Waals surface area contributed by atoms with Gasteiger partial charge in [-0.15, -0.1) is 0 Å². The molecule has 0 aliphatic carbocycles. The van der Waals surface area contributed by atoms with Crippen LogP contribution >= 0.6 is 0 Å². The van der Waals surface area contributed by atoms with Crippen molar-refractivity contribution in [3.63, 3.8) is 0 Å². The summed E-state index contributed by atoms with van der Waals surface area (Å²) in [6.07, 6.45) is 2.05. The fraction of sp³-hybridized carbons (Fsp3) is 0.167. The van der Waals surface area contributed by atoms with Gasteiger partial charge >= 0.3 is 5.69 Å². The number of hydroxylamine groups is 1. The van der Waals surface area contributed by atoms with Crippen LogP contribution in [0.2, 0.25) is 0 Å². The van der Waals surface area contributed by atoms with E-state index in [1.54, 1.807) is 18.2 Å². The van der Waals surface area contributed by atoms with Gasteiger partial charge in [0.15, 0.2) is 0 Å². The van der Waals surface area contributed by atoms with Gasteiger partial charge in [-0.05, 0) is 22.1 Å². The molecule has 0 unspecified atom stereocenters. The number of tetrazole rings is 1. The van der Waals surface area contributed by atoms with Crippen LogP contribution in [0.15, 0.2) is 29.6 Å². The Balaban J connectivity index is 2.51. The van der Waals surface area contributed by atoms with Crippen LogP contribution in [0.1, 0.15) is 11.1 Å². The van der Waals surface area contributed by atoms with Crippen molar-refractivity contribution in [2.75, 3.05) is 0 Å². The molecule has 0 spiro atoms. The van der Waals surface area contributed by atoms with Crippen molar-refractivity contribution >= 4 is 12.5 Å². The molecule has 0 atom stereocenters. The third-order valence-corrected chi connectivity index (χ3v) is 2.71. The van der Waals surface area contributed by atoms with Crippen molar-refractivity contribution in [1.29, 1.82) is 0 Å². The molecule has 104 valence electrons. The van der Waals surface area contributed by atoms with E-state index in [0.717, 1.165) is 14.9 Å². The minimum atomic E-state index is -0.379. The van der Waals surface area contributed by atoms with Gasteiger partial charge in [0.1, 0.15) is 6.61 Å². The molecule has 0 radical (unpaired) electrons. The Morgan fingerprint density at radius 1 is 1.45 bits per heavy atom. The molecule has 1 N–H and O–H groups in total. The van der Waals surface area contributed by atoms with E-state index in [2.05, 4.69) is 22.5 Å². The molecule has 1 amide bonds. The number of nitrogens with one attached hydrogen (secondary N) is 1. The number of rotatable bonds is 6. The van der Waals surface area contributed by atoms with Crippen LogP contribution in [0.25, 0.3) is 11.8 Å². The summed E-state index contributed by atoms with van der Waals surface area (Å²) >= 11 is 0. The summed E-state index contributed by atoms with van der Waals surface area (Å²) in [5, 5.41) is 7.45. The fourth-order valence-electron chi connectivity index (χ4n) is 1.75. The number of aromatic nitrogens is 4. The van der Waals surface area contributed by atoms with Gasteiger partial charge in [0, 0.05) is 12.6 Å². The molecule has 20 heavy (non-hydrogen) atoms. The Labute approximate surface area is 114 Å². The molecule has 1 heterocycles. The Hall–Kier alpha value is -2.74. The van der Waals surface area contributed by atoms with E-state index in [1.807, 2.05) is 6.07 Å². The number of carbonyl (C=O) groups is 1. The Morgan fingerprint density at radius 2 is 2.25 bits per heavy atom. The highest BCUT2D eigenvalue weighted by molar-refractivity contribution is 5.58. The maximum Gasteiger partial charge on any atom is 0.368 e. The van der Waals surface area contributed by atoms with Crippen molar-refractivity contribution in [2.45, 2.75) is 6.61 Å². The predicted octanol–water partition coefficient (Wildman–Crippen LogP) is -0.213. The summed E-state index contributed by atoms with van der Waals surface area (Å²) in [4.78, 5) is 27.1. The monoisotopic (exact) mass is 275 g/mol. The lowest BCUT2D eigenvalue weighted by atomic mass is 10.1. The summed E-state index contributed by atoms with van der Waals surface area (Å²) in [7, 11) is 1.51. The van der Waals surface area contributed by atoms with Crippen molar-refractivity contribution in [2.24, 2.45) is 7.05 Å². The van der Waals surface area contributed by atoms with E-state index in [9.17, 15) is 9.59 Å². The second-order valence-electron chi connectivity index (χ2n) is 3.87. The van der Waals surface area contributed by atoms with Crippen LogP contribution in [0, 0.1) is 0 Å². The SMILES string of the molecule is C=Cc1cccc(-n2nnn(C)c2=O)c1CONC=O. The van der Waals surface area contributed by atoms with Gasteiger partial charge in [0.05, 0.1) is 5.69 Å². The summed E-state index contributed by atoms with van der Waals surface area (Å²) in [6, 6.07) is 5.30. The first kappa shape index (κ1) is 13.7. The van der Waals surface area contributed by atoms with Crippen LogP contribution < -0.4 is 11.2 Å². The second kappa shape index (κ2) is 5.93. The van der Waals surface area contributed by atoms with Crippen LogP contribution in [0.5, 0.6) is 0 Å². The van der Waals surface area contributed by atoms with Crippen molar-refractivity contribution in [1.82, 2.24) is 25.3 Å². The van der Waals surface area contributed by atoms with E-state index in [1.165, 1.54) is 7.05 Å². The van der Waals surface area contributed by atoms with Crippen molar-refractivity contribution < 1.29 is 9.63 Å². The number of aryl methyl sites for hydroxylation is 1. The molecule has 0 saturated carbocycles. The minimum Gasteiger partial charge on any atom is -0.277 e. The van der Waals surface area contributed by atoms with Gasteiger partial charge in [-0.2, -0.15) is 9.36 Å². The predicted molar refractivity (Wildman–Crippen MR) is 70.7 cm³/mol. The average molecular weight is 275 g/mol. The first-order valence-corrected chi connectivity index (χ1v) is 5.73. The van der Waals surface area contributed by atoms with E-state index in [4.69, 9.17) is 4.84 Å². The Bertz CT molecular complexity index is 689. The number of carbonyl (C=O) groups excluding carboxylic acids is 1. The van der Waals surface area contributed by atoms with E-state index < -0.39 is 0 Å². The molecule has 2 aromatic rings. The van der Waals surface area contributed by atoms with Crippen LogP contribution in [-0.4, -0.2) is 26.2 Å². The number of benzene rings is 1. The topological polar surface area (TPSA) is 91.0 Å². The minimum absolute atomic E-state index is 0.0687. The molecule has 0 aliphatic heterocycles. The van der Waals surface area contributed by atoms with Gasteiger partial charge in [-0.25, -0.2) is 10.3 Å². The fourth-order valence-corrected chi connectivity index (χ4v) is 1.75. The zero-order valence-corrected chi connectivity index (χ0v) is 10.8. The molecule has 8 heteroatoms. The zero-order valence-electron chi connectivity index (χ0n) is 10.8. The maximum absolute atomic E-state index is 11.9. The highest BCUT2D eigenvalue weighted by Crippen LogP contribution is 2.19. The highest BCUT2D eigenvalue weighted by Gasteiger charge is 2.13. The molecule has 1 aromatic heterocycles. The third-order valence-electron chi connectivity index (χ3n) is 2.71. The smallest absolute Gasteiger partial charge is 0.277 e. The second-order valence-corrected chi connectivity index (χ2v) is 3.87. The molecule has 1 aromatic carbocycles. The van der Waals surface area contributed by atoms with Crippen molar-refractivity contribution in [3.05, 3.63) is 46.4 Å². The van der Waals surface area contributed by atoms with Gasteiger partial charge < -0.3 is 0 Å². The number of amides is 1. The van der Waals surface area contributed by atoms with Gasteiger partial charge in [0.25, 0.3) is 0 Å². The number of hydrogen-bond acceptors (Lipinski definition) is 5. The lowest BCUT2D eigenvalue weighted by Crippen LogP contribution is -2.23. The molecule has 0 aliphatic rings. The first-order valence-electron chi connectivity index (χ1n) is 5.73. The first-order chi connectivity index (χ1) is 9.69. The highest BCUT2D eigenvalue weighted by atomic mass is 16.6. The van der Waals surface area contributed by atoms with E-state index in [-0.39, 0.29) is 12.3 Å². The zero-order chi connectivity index (χ0) is 14.5. The quantitative estimate of drug-likeness (QED) is 0.447. The molecule has 0 bridgehead atoms. The summed E-state index contributed by atoms with van der Waals surface area (Å²) in [5.74, 6) is 0. The average Bonchev–Trinajstić information content (AvgIpc) is 2.79. The molecule has 0 fully saturated rings. The number of nitrogens with zero attached hydrogens (tertiary/aromatic N) is 4. The standard InChI is InChI=1S/C12H13N5O3/c1-3-9-5-4-6-11(10(9)7-20-13-8-18)17-12(19)16(2)14-15-17/h3-6,8H,1,7H2,2H3,(H,13,18). The lowest BCUT2D eigenvalue weighted by molar-refractivity contribution is -0.121. The molecule has 8 nitrogen and oxygen atoms in total. The largest absolute Gasteiger partial charge is 0.368 e. The maximum atomic E-state index is 11.9. The molecule has 2 rings (SSSR count). The van der Waals surface area contributed by atoms with Gasteiger partial charge in [-0.1, -0.05) is 24.8 Å². The Kier molecular flexibility index (Phi) is 4.06. The van der Waals surface area contributed by atoms with Crippen LogP contribution in [0.4, 0.5) is 0 Å². The van der Waals surface area contributed by atoms with Crippen LogP contribution in [-0.2, 0) is 23.3 Å². The molecule has 0 saturated heterocycles. The molecular formula is C12H13N5O3. The number of hydrogen-bond donors (Lipinski definition) is 1. The molecular weight excluding hydrogens is 262 g/mol. The van der Waals surface area contributed by atoms with E-state index in [0.29, 0.717) is 17.7 Å². The van der Waals surface area contributed by atoms with Crippen LogP contribution in [0.3, 0.4) is 0 Å². The van der Waals surface area contributed by atoms with Gasteiger partial charge in [-0.3, -0.25) is 9.63 Å².